The van der Waals surface area contributed by atoms with Crippen LogP contribution in [0.25, 0.3) is 0 Å². The van der Waals surface area contributed by atoms with E-state index in [1.807, 2.05) is 45.9 Å². The number of methoxy groups -OCH3 is 1. The molecule has 0 saturated heterocycles. The average Bonchev–Trinajstić information content (AvgIpc) is 2.72. The molecule has 0 bridgehead atoms. The first-order valence-electron chi connectivity index (χ1n) is 10.9. The molecule has 1 heterocycles. The minimum atomic E-state index is -1.18. The lowest BCUT2D eigenvalue weighted by Crippen LogP contribution is -2.42. The molecular formula is C23H35NO5S. The summed E-state index contributed by atoms with van der Waals surface area (Å²) in [6.07, 6.45) is 4.31. The molecule has 1 aliphatic carbocycles. The summed E-state index contributed by atoms with van der Waals surface area (Å²) in [4.78, 5) is 12.1. The first-order valence-corrected chi connectivity index (χ1v) is 12.1. The van der Waals surface area contributed by atoms with Crippen molar-refractivity contribution in [2.24, 2.45) is 11.8 Å². The average molecular weight is 438 g/mol. The Hall–Kier alpha value is -1.60. The van der Waals surface area contributed by atoms with Crippen molar-refractivity contribution in [2.75, 3.05) is 13.7 Å². The van der Waals surface area contributed by atoms with E-state index >= 15 is 0 Å². The van der Waals surface area contributed by atoms with E-state index in [2.05, 4.69) is 4.72 Å². The van der Waals surface area contributed by atoms with E-state index in [-0.39, 0.29) is 28.8 Å². The lowest BCUT2D eigenvalue weighted by molar-refractivity contribution is -0.149. The second kappa shape index (κ2) is 9.69. The minimum absolute atomic E-state index is 0.000475. The Morgan fingerprint density at radius 3 is 2.53 bits per heavy atom. The number of carbonyl (C=O) groups is 1. The van der Waals surface area contributed by atoms with Gasteiger partial charge >= 0.3 is 5.97 Å². The summed E-state index contributed by atoms with van der Waals surface area (Å²) in [5, 5.41) is 0. The summed E-state index contributed by atoms with van der Waals surface area (Å²) in [6, 6.07) is 5.79. The van der Waals surface area contributed by atoms with Crippen molar-refractivity contribution in [3.63, 3.8) is 0 Å². The second-order valence-corrected chi connectivity index (χ2v) is 11.2. The van der Waals surface area contributed by atoms with Gasteiger partial charge in [-0.2, -0.15) is 0 Å². The van der Waals surface area contributed by atoms with E-state index in [0.717, 1.165) is 49.2 Å². The van der Waals surface area contributed by atoms with Crippen molar-refractivity contribution in [1.29, 1.82) is 0 Å². The zero-order valence-corrected chi connectivity index (χ0v) is 19.6. The maximum absolute atomic E-state index is 12.8. The highest BCUT2D eigenvalue weighted by atomic mass is 32.2. The van der Waals surface area contributed by atoms with E-state index in [4.69, 9.17) is 14.2 Å². The van der Waals surface area contributed by atoms with Gasteiger partial charge in [0, 0.05) is 18.1 Å². The van der Waals surface area contributed by atoms with Crippen LogP contribution in [0.2, 0.25) is 0 Å². The van der Waals surface area contributed by atoms with Crippen LogP contribution in [0.5, 0.6) is 11.5 Å². The molecule has 3 atom stereocenters. The molecule has 0 spiro atoms. The smallest absolute Gasteiger partial charge is 0.308 e. The fourth-order valence-electron chi connectivity index (χ4n) is 4.30. The van der Waals surface area contributed by atoms with E-state index in [9.17, 15) is 9.00 Å². The van der Waals surface area contributed by atoms with Crippen LogP contribution in [0.4, 0.5) is 0 Å². The van der Waals surface area contributed by atoms with Gasteiger partial charge in [0.25, 0.3) is 0 Å². The van der Waals surface area contributed by atoms with Crippen LogP contribution in [-0.2, 0) is 20.5 Å². The number of rotatable bonds is 6. The van der Waals surface area contributed by atoms with E-state index in [0.29, 0.717) is 12.5 Å². The predicted octanol–water partition coefficient (Wildman–Crippen LogP) is 4.31. The maximum Gasteiger partial charge on any atom is 0.308 e. The third-order valence-corrected chi connectivity index (χ3v) is 7.68. The third-order valence-electron chi connectivity index (χ3n) is 6.07. The van der Waals surface area contributed by atoms with Gasteiger partial charge in [-0.05, 0) is 65.4 Å². The summed E-state index contributed by atoms with van der Waals surface area (Å²) in [5.74, 6) is 1.83. The molecule has 0 radical (unpaired) electrons. The highest BCUT2D eigenvalue weighted by molar-refractivity contribution is 7.84. The fraction of sp³-hybridized carbons (Fsp3) is 0.696. The van der Waals surface area contributed by atoms with Crippen LogP contribution in [-0.4, -0.2) is 34.7 Å². The van der Waals surface area contributed by atoms with Gasteiger partial charge in [-0.25, -0.2) is 8.93 Å². The van der Waals surface area contributed by atoms with Crippen molar-refractivity contribution in [1.82, 2.24) is 4.72 Å². The van der Waals surface area contributed by atoms with Crippen LogP contribution in [0.3, 0.4) is 0 Å². The number of fused-ring (bicyclic) bond motifs is 1. The normalized spacial score (nSPS) is 27.5. The summed E-state index contributed by atoms with van der Waals surface area (Å²) >= 11 is 0. The van der Waals surface area contributed by atoms with Gasteiger partial charge in [-0.15, -0.1) is 0 Å². The molecule has 0 unspecified atom stereocenters. The van der Waals surface area contributed by atoms with Crippen LogP contribution in [0.1, 0.15) is 71.4 Å². The van der Waals surface area contributed by atoms with Gasteiger partial charge in [0.15, 0.2) is 0 Å². The van der Waals surface area contributed by atoms with Crippen LogP contribution in [0, 0.1) is 11.8 Å². The molecule has 0 amide bonds. The SMILES string of the molecule is CCOC(=O)C1CCC([C@@H]2C[C@H](N[S@](=O)C(C)(C)C)c3ccc(OC)cc3O2)CC1. The van der Waals surface area contributed by atoms with Crippen molar-refractivity contribution in [3.8, 4) is 11.5 Å². The van der Waals surface area contributed by atoms with E-state index in [1.165, 1.54) is 0 Å². The van der Waals surface area contributed by atoms with Gasteiger partial charge in [0.1, 0.15) is 17.6 Å². The molecule has 1 fully saturated rings. The Balaban J connectivity index is 1.75. The number of hydrogen-bond donors (Lipinski definition) is 1. The third kappa shape index (κ3) is 5.35. The second-order valence-electron chi connectivity index (χ2n) is 9.21. The zero-order chi connectivity index (χ0) is 21.9. The van der Waals surface area contributed by atoms with Crippen molar-refractivity contribution in [2.45, 2.75) is 76.7 Å². The number of benzene rings is 1. The van der Waals surface area contributed by atoms with Crippen LogP contribution in [0.15, 0.2) is 18.2 Å². The number of carbonyl (C=O) groups excluding carboxylic acids is 1. The summed E-state index contributed by atoms with van der Waals surface area (Å²) in [5.41, 5.74) is 1.02. The molecule has 30 heavy (non-hydrogen) atoms. The number of nitrogens with one attached hydrogen (secondary N) is 1. The Labute approximate surface area is 182 Å². The molecule has 1 aromatic rings. The van der Waals surface area contributed by atoms with Gasteiger partial charge < -0.3 is 14.2 Å². The molecule has 1 N–H and O–H groups in total. The molecule has 1 saturated carbocycles. The van der Waals surface area contributed by atoms with Crippen molar-refractivity contribution >= 4 is 17.0 Å². The lowest BCUT2D eigenvalue weighted by Gasteiger charge is -2.39. The first kappa shape index (κ1) is 23.1. The molecule has 1 aromatic carbocycles. The summed E-state index contributed by atoms with van der Waals surface area (Å²) < 4.78 is 32.8. The fourth-order valence-corrected chi connectivity index (χ4v) is 5.13. The highest BCUT2D eigenvalue weighted by Crippen LogP contribution is 2.43. The molecule has 6 nitrogen and oxygen atoms in total. The number of ether oxygens (including phenoxy) is 3. The number of esters is 1. The molecule has 1 aliphatic heterocycles. The summed E-state index contributed by atoms with van der Waals surface area (Å²) in [7, 11) is 0.460. The van der Waals surface area contributed by atoms with Crippen molar-refractivity contribution < 1.29 is 23.2 Å². The zero-order valence-electron chi connectivity index (χ0n) is 18.7. The van der Waals surface area contributed by atoms with Gasteiger partial charge in [0.05, 0.1) is 41.4 Å². The summed E-state index contributed by atoms with van der Waals surface area (Å²) in [6.45, 7) is 8.19. The Bertz CT molecular complexity index is 767. The molecule has 168 valence electrons. The van der Waals surface area contributed by atoms with E-state index < -0.39 is 11.0 Å². The first-order chi connectivity index (χ1) is 14.2. The maximum atomic E-state index is 12.8. The minimum Gasteiger partial charge on any atom is -0.497 e. The van der Waals surface area contributed by atoms with Crippen LogP contribution < -0.4 is 14.2 Å². The molecule has 3 rings (SSSR count). The largest absolute Gasteiger partial charge is 0.497 e. The Kier molecular flexibility index (Phi) is 7.45. The van der Waals surface area contributed by atoms with E-state index in [1.54, 1.807) is 7.11 Å². The molecule has 2 aliphatic rings. The van der Waals surface area contributed by atoms with Gasteiger partial charge in [-0.1, -0.05) is 6.07 Å². The predicted molar refractivity (Wildman–Crippen MR) is 118 cm³/mol. The molecule has 0 aromatic heterocycles. The monoisotopic (exact) mass is 437 g/mol. The van der Waals surface area contributed by atoms with Gasteiger partial charge in [-0.3, -0.25) is 4.79 Å². The Morgan fingerprint density at radius 1 is 1.23 bits per heavy atom. The highest BCUT2D eigenvalue weighted by Gasteiger charge is 2.38. The standard InChI is InChI=1S/C23H35NO5S/c1-6-28-22(25)16-9-7-15(8-10-16)20-14-19(24-30(26)23(2,3)4)18-12-11-17(27-5)13-21(18)29-20/h11-13,15-16,19-20,24H,6-10,14H2,1-5H3/t15?,16?,19-,20-,30+/m0/s1. The number of hydrogen-bond acceptors (Lipinski definition) is 5. The molecule has 7 heteroatoms. The quantitative estimate of drug-likeness (QED) is 0.672. The topological polar surface area (TPSA) is 73.9 Å². The van der Waals surface area contributed by atoms with Gasteiger partial charge in [0.2, 0.25) is 0 Å². The van der Waals surface area contributed by atoms with Crippen molar-refractivity contribution in [3.05, 3.63) is 23.8 Å². The Morgan fingerprint density at radius 2 is 1.93 bits per heavy atom. The van der Waals surface area contributed by atoms with Crippen LogP contribution >= 0.6 is 0 Å². The lowest BCUT2D eigenvalue weighted by atomic mass is 9.77. The molecular weight excluding hydrogens is 402 g/mol.